The first kappa shape index (κ1) is 17.4. The summed E-state index contributed by atoms with van der Waals surface area (Å²) in [7, 11) is 0. The van der Waals surface area contributed by atoms with Crippen LogP contribution in [-0.4, -0.2) is 28.9 Å². The van der Waals surface area contributed by atoms with Crippen molar-refractivity contribution in [1.29, 1.82) is 0 Å². The number of nitrogens with zero attached hydrogens (tertiary/aromatic N) is 1. The zero-order valence-corrected chi connectivity index (χ0v) is 12.7. The molecule has 0 aliphatic rings. The Morgan fingerprint density at radius 2 is 2.05 bits per heavy atom. The Morgan fingerprint density at radius 3 is 2.59 bits per heavy atom. The third kappa shape index (κ3) is 4.72. The smallest absolute Gasteiger partial charge is 0.341 e. The summed E-state index contributed by atoms with van der Waals surface area (Å²) in [6.45, 7) is 5.11. The number of carbonyl (C=O) groups excluding carboxylic acids is 2. The third-order valence-corrected chi connectivity index (χ3v) is 3.16. The molecule has 0 bridgehead atoms. The molecular weight excluding hydrogens is 290 g/mol. The van der Waals surface area contributed by atoms with Crippen molar-refractivity contribution in [2.45, 2.75) is 32.7 Å². The van der Waals surface area contributed by atoms with Gasteiger partial charge in [0.2, 0.25) is 0 Å². The van der Waals surface area contributed by atoms with E-state index in [1.165, 1.54) is 12.1 Å². The molecule has 0 saturated heterocycles. The maximum absolute atomic E-state index is 11.9. The molecule has 8 nitrogen and oxygen atoms in total. The minimum atomic E-state index is -0.884. The summed E-state index contributed by atoms with van der Waals surface area (Å²) in [4.78, 5) is 33.6. The van der Waals surface area contributed by atoms with Gasteiger partial charge in [-0.3, -0.25) is 14.9 Å². The highest BCUT2D eigenvalue weighted by atomic mass is 16.6. The van der Waals surface area contributed by atoms with Gasteiger partial charge in [-0.05, 0) is 26.3 Å². The van der Waals surface area contributed by atoms with Crippen LogP contribution in [0.25, 0.3) is 0 Å². The summed E-state index contributed by atoms with van der Waals surface area (Å²) >= 11 is 0. The molecule has 22 heavy (non-hydrogen) atoms. The van der Waals surface area contributed by atoms with Crippen LogP contribution < -0.4 is 11.1 Å². The largest absolute Gasteiger partial charge is 0.452 e. The monoisotopic (exact) mass is 309 g/mol. The molecule has 0 fully saturated rings. The number of nitro groups is 1. The van der Waals surface area contributed by atoms with Crippen LogP contribution in [0, 0.1) is 10.1 Å². The zero-order valence-electron chi connectivity index (χ0n) is 12.7. The van der Waals surface area contributed by atoms with Crippen LogP contribution in [0.1, 0.15) is 37.6 Å². The average molecular weight is 309 g/mol. The van der Waals surface area contributed by atoms with E-state index in [0.29, 0.717) is 6.42 Å². The van der Waals surface area contributed by atoms with Gasteiger partial charge in [0.1, 0.15) is 0 Å². The van der Waals surface area contributed by atoms with Gasteiger partial charge < -0.3 is 15.8 Å². The number of nitrogens with two attached hydrogens (primary N) is 1. The molecule has 1 amide bonds. The summed E-state index contributed by atoms with van der Waals surface area (Å²) in [6.07, 6.45) is 0.713. The van der Waals surface area contributed by atoms with Crippen molar-refractivity contribution < 1.29 is 19.2 Å². The lowest BCUT2D eigenvalue weighted by molar-refractivity contribution is -0.384. The van der Waals surface area contributed by atoms with E-state index in [1.807, 2.05) is 20.8 Å². The van der Waals surface area contributed by atoms with E-state index in [4.69, 9.17) is 10.5 Å². The summed E-state index contributed by atoms with van der Waals surface area (Å²) in [6, 6.07) is 3.45. The van der Waals surface area contributed by atoms with Gasteiger partial charge in [0.15, 0.2) is 6.61 Å². The van der Waals surface area contributed by atoms with Crippen LogP contribution in [0.15, 0.2) is 18.2 Å². The van der Waals surface area contributed by atoms with Crippen LogP contribution in [0.2, 0.25) is 0 Å². The maximum atomic E-state index is 11.9. The molecule has 1 aromatic carbocycles. The van der Waals surface area contributed by atoms with Gasteiger partial charge in [-0.25, -0.2) is 4.79 Å². The Hall–Kier alpha value is -2.64. The molecule has 0 aromatic heterocycles. The van der Waals surface area contributed by atoms with E-state index in [0.717, 1.165) is 6.07 Å². The van der Waals surface area contributed by atoms with Gasteiger partial charge in [0.05, 0.1) is 10.5 Å². The van der Waals surface area contributed by atoms with E-state index < -0.39 is 28.9 Å². The first-order valence-corrected chi connectivity index (χ1v) is 6.68. The number of benzene rings is 1. The quantitative estimate of drug-likeness (QED) is 0.356. The number of nitrogen functional groups attached to an aromatic ring is 1. The second kappa shape index (κ2) is 6.88. The highest BCUT2D eigenvalue weighted by Crippen LogP contribution is 2.20. The Kier molecular flexibility index (Phi) is 5.44. The molecule has 0 radical (unpaired) electrons. The maximum Gasteiger partial charge on any atom is 0.341 e. The molecule has 1 rings (SSSR count). The molecule has 0 saturated carbocycles. The number of amides is 1. The Morgan fingerprint density at radius 1 is 1.41 bits per heavy atom. The molecule has 120 valence electrons. The first-order chi connectivity index (χ1) is 10.2. The summed E-state index contributed by atoms with van der Waals surface area (Å²) in [5.74, 6) is -1.34. The number of nitrogens with one attached hydrogen (secondary N) is 1. The number of hydrogen-bond donors (Lipinski definition) is 2. The van der Waals surface area contributed by atoms with E-state index >= 15 is 0 Å². The van der Waals surface area contributed by atoms with Crippen molar-refractivity contribution in [3.8, 4) is 0 Å². The van der Waals surface area contributed by atoms with Crippen LogP contribution >= 0.6 is 0 Å². The van der Waals surface area contributed by atoms with Crippen molar-refractivity contribution >= 4 is 23.3 Å². The molecular formula is C14H19N3O5. The molecule has 0 atom stereocenters. The van der Waals surface area contributed by atoms with E-state index in [1.54, 1.807) is 0 Å². The lowest BCUT2D eigenvalue weighted by Gasteiger charge is -2.24. The second-order valence-corrected chi connectivity index (χ2v) is 5.39. The molecule has 0 aliphatic carbocycles. The van der Waals surface area contributed by atoms with Crippen molar-refractivity contribution in [3.63, 3.8) is 0 Å². The van der Waals surface area contributed by atoms with E-state index in [-0.39, 0.29) is 16.9 Å². The van der Waals surface area contributed by atoms with Crippen LogP contribution in [0.5, 0.6) is 0 Å². The predicted molar refractivity (Wildman–Crippen MR) is 80.3 cm³/mol. The highest BCUT2D eigenvalue weighted by Gasteiger charge is 2.20. The Labute approximate surface area is 127 Å². The topological polar surface area (TPSA) is 125 Å². The molecule has 3 N–H and O–H groups in total. The van der Waals surface area contributed by atoms with Crippen LogP contribution in [0.4, 0.5) is 11.4 Å². The lowest BCUT2D eigenvalue weighted by Crippen LogP contribution is -2.44. The van der Waals surface area contributed by atoms with Gasteiger partial charge >= 0.3 is 5.97 Å². The zero-order chi connectivity index (χ0) is 16.9. The second-order valence-electron chi connectivity index (χ2n) is 5.39. The van der Waals surface area contributed by atoms with E-state index in [2.05, 4.69) is 5.32 Å². The number of ether oxygens (including phenoxy) is 1. The Bertz CT molecular complexity index is 598. The number of esters is 1. The highest BCUT2D eigenvalue weighted by molar-refractivity contribution is 5.97. The van der Waals surface area contributed by atoms with Crippen LogP contribution in [0.3, 0.4) is 0 Å². The number of rotatable bonds is 6. The van der Waals surface area contributed by atoms with Crippen molar-refractivity contribution in [3.05, 3.63) is 33.9 Å². The number of nitro benzene ring substituents is 1. The Balaban J connectivity index is 2.72. The molecule has 0 spiro atoms. The number of non-ortho nitro benzene ring substituents is 1. The van der Waals surface area contributed by atoms with Gasteiger partial charge in [-0.1, -0.05) is 6.92 Å². The number of carbonyl (C=O) groups is 2. The van der Waals surface area contributed by atoms with Gasteiger partial charge in [-0.2, -0.15) is 0 Å². The molecule has 0 unspecified atom stereocenters. The molecule has 1 aromatic rings. The van der Waals surface area contributed by atoms with Gasteiger partial charge in [-0.15, -0.1) is 0 Å². The normalized spacial score (nSPS) is 10.9. The SMILES string of the molecule is CCC(C)(C)NC(=O)COC(=O)c1cc([N+](=O)[O-])ccc1N. The number of hydrogen-bond acceptors (Lipinski definition) is 6. The molecule has 0 aliphatic heterocycles. The minimum absolute atomic E-state index is 0.0462. The number of anilines is 1. The van der Waals surface area contributed by atoms with Gasteiger partial charge in [0.25, 0.3) is 11.6 Å². The average Bonchev–Trinajstić information content (AvgIpc) is 2.44. The molecule has 0 heterocycles. The van der Waals surface area contributed by atoms with Crippen molar-refractivity contribution in [2.75, 3.05) is 12.3 Å². The first-order valence-electron chi connectivity index (χ1n) is 6.68. The predicted octanol–water partition coefficient (Wildman–Crippen LogP) is 1.64. The van der Waals surface area contributed by atoms with E-state index in [9.17, 15) is 19.7 Å². The fourth-order valence-corrected chi connectivity index (χ4v) is 1.55. The van der Waals surface area contributed by atoms with Gasteiger partial charge in [0, 0.05) is 23.4 Å². The summed E-state index contributed by atoms with van der Waals surface area (Å²) in [5, 5.41) is 13.4. The summed E-state index contributed by atoms with van der Waals surface area (Å²) < 4.78 is 4.84. The van der Waals surface area contributed by atoms with Crippen molar-refractivity contribution in [1.82, 2.24) is 5.32 Å². The van der Waals surface area contributed by atoms with Crippen LogP contribution in [-0.2, 0) is 9.53 Å². The standard InChI is InChI=1S/C14H19N3O5/c1-4-14(2,3)16-12(18)8-22-13(19)10-7-9(17(20)21)5-6-11(10)15/h5-7H,4,8,15H2,1-3H3,(H,16,18). The summed E-state index contributed by atoms with van der Waals surface area (Å²) in [5.41, 5.74) is 4.81. The fourth-order valence-electron chi connectivity index (χ4n) is 1.55. The minimum Gasteiger partial charge on any atom is -0.452 e. The lowest BCUT2D eigenvalue weighted by atomic mass is 10.0. The molecule has 8 heteroatoms. The third-order valence-electron chi connectivity index (χ3n) is 3.16. The van der Waals surface area contributed by atoms with Crippen molar-refractivity contribution in [2.24, 2.45) is 0 Å². The fraction of sp³-hybridized carbons (Fsp3) is 0.429.